The number of carbonyl (C=O) groups excluding carboxylic acids is 1. The first-order valence-electron chi connectivity index (χ1n) is 10.6. The Balaban J connectivity index is 1.35. The summed E-state index contributed by atoms with van der Waals surface area (Å²) in [5, 5.41) is 6.45. The highest BCUT2D eigenvalue weighted by molar-refractivity contribution is 7.13. The lowest BCUT2D eigenvalue weighted by molar-refractivity contribution is 0.0734. The highest BCUT2D eigenvalue weighted by atomic mass is 32.1. The van der Waals surface area contributed by atoms with Crippen LogP contribution in [-0.2, 0) is 0 Å². The fourth-order valence-electron chi connectivity index (χ4n) is 3.83. The number of anilines is 1. The van der Waals surface area contributed by atoms with Gasteiger partial charge in [0.05, 0.1) is 17.7 Å². The van der Waals surface area contributed by atoms with E-state index in [0.717, 1.165) is 16.3 Å². The van der Waals surface area contributed by atoms with Crippen LogP contribution in [0.4, 0.5) is 10.1 Å². The second-order valence-corrected chi connectivity index (χ2v) is 8.55. The molecular weight excluding hydrogens is 441 g/mol. The molecule has 0 unspecified atom stereocenters. The second kappa shape index (κ2) is 9.03. The Labute approximate surface area is 194 Å². The maximum atomic E-state index is 13.4. The first kappa shape index (κ1) is 21.1. The first-order valence-corrected chi connectivity index (χ1v) is 11.5. The van der Waals surface area contributed by atoms with Crippen molar-refractivity contribution in [3.05, 3.63) is 77.7 Å². The van der Waals surface area contributed by atoms with Gasteiger partial charge in [0.25, 0.3) is 5.91 Å². The van der Waals surface area contributed by atoms with Crippen LogP contribution in [0.2, 0.25) is 0 Å². The van der Waals surface area contributed by atoms with Crippen molar-refractivity contribution in [2.45, 2.75) is 0 Å². The number of amides is 1. The van der Waals surface area contributed by atoms with Gasteiger partial charge in [0.15, 0.2) is 5.82 Å². The van der Waals surface area contributed by atoms with Crippen LogP contribution in [0.1, 0.15) is 10.6 Å². The van der Waals surface area contributed by atoms with E-state index in [1.165, 1.54) is 23.5 Å². The Hall–Kier alpha value is -3.72. The minimum Gasteiger partial charge on any atom is -0.497 e. The molecule has 7 nitrogen and oxygen atoms in total. The van der Waals surface area contributed by atoms with Crippen LogP contribution in [0.5, 0.6) is 5.75 Å². The lowest BCUT2D eigenvalue weighted by Gasteiger charge is -2.35. The minimum absolute atomic E-state index is 0.139. The van der Waals surface area contributed by atoms with Gasteiger partial charge in [-0.15, -0.1) is 16.4 Å². The highest BCUT2D eigenvalue weighted by Gasteiger charge is 2.27. The largest absolute Gasteiger partial charge is 0.497 e. The average molecular weight is 464 g/mol. The summed E-state index contributed by atoms with van der Waals surface area (Å²) in [6, 6.07) is 17.8. The van der Waals surface area contributed by atoms with Crippen molar-refractivity contribution < 1.29 is 13.9 Å². The molecule has 1 amide bonds. The van der Waals surface area contributed by atoms with Crippen LogP contribution in [0.25, 0.3) is 16.4 Å². The molecule has 1 aliphatic heterocycles. The molecular formula is C24H22FN5O2S. The maximum absolute atomic E-state index is 13.4. The number of methoxy groups -OCH3 is 1. The Kier molecular flexibility index (Phi) is 5.78. The molecule has 0 aliphatic carbocycles. The van der Waals surface area contributed by atoms with E-state index in [4.69, 9.17) is 4.74 Å². The monoisotopic (exact) mass is 463 g/mol. The summed E-state index contributed by atoms with van der Waals surface area (Å²) in [5.41, 5.74) is 1.75. The summed E-state index contributed by atoms with van der Waals surface area (Å²) < 4.78 is 20.3. The molecule has 1 aliphatic rings. The predicted octanol–water partition coefficient (Wildman–Crippen LogP) is 4.11. The van der Waals surface area contributed by atoms with Crippen molar-refractivity contribution in [3.63, 3.8) is 0 Å². The number of carbonyl (C=O) groups is 1. The summed E-state index contributed by atoms with van der Waals surface area (Å²) >= 11 is 1.51. The second-order valence-electron chi connectivity index (χ2n) is 7.60. The summed E-state index contributed by atoms with van der Waals surface area (Å²) in [4.78, 5) is 22.7. The van der Waals surface area contributed by atoms with Gasteiger partial charge >= 0.3 is 0 Å². The average Bonchev–Trinajstić information content (AvgIpc) is 3.55. The van der Waals surface area contributed by atoms with E-state index in [1.54, 1.807) is 28.8 Å². The van der Waals surface area contributed by atoms with Gasteiger partial charge in [0, 0.05) is 31.9 Å². The molecule has 3 heterocycles. The lowest BCUT2D eigenvalue weighted by atomic mass is 10.2. The number of rotatable bonds is 5. The molecule has 2 aromatic heterocycles. The molecule has 33 heavy (non-hydrogen) atoms. The molecule has 0 N–H and O–H groups in total. The molecule has 0 atom stereocenters. The van der Waals surface area contributed by atoms with Crippen molar-refractivity contribution in [1.29, 1.82) is 0 Å². The highest BCUT2D eigenvalue weighted by Crippen LogP contribution is 2.26. The summed E-state index contributed by atoms with van der Waals surface area (Å²) in [6.07, 6.45) is 0. The van der Waals surface area contributed by atoms with Crippen LogP contribution in [0, 0.1) is 5.82 Å². The summed E-state index contributed by atoms with van der Waals surface area (Å²) in [7, 11) is 1.65. The van der Waals surface area contributed by atoms with E-state index in [-0.39, 0.29) is 17.5 Å². The number of halogens is 1. The molecule has 168 valence electrons. The van der Waals surface area contributed by atoms with E-state index in [0.29, 0.717) is 37.7 Å². The molecule has 0 spiro atoms. The minimum atomic E-state index is -0.331. The Morgan fingerprint density at radius 2 is 1.67 bits per heavy atom. The van der Waals surface area contributed by atoms with Gasteiger partial charge in [-0.05, 0) is 60.0 Å². The first-order chi connectivity index (χ1) is 16.1. The number of piperazine rings is 1. The molecule has 4 aromatic rings. The standard InChI is InChI=1S/C24H22FN5O2S/c1-32-20-10-8-18(9-11-20)28-12-14-29(15-13-28)24(31)22-26-23(21-3-2-16-33-21)30(27-22)19-6-4-17(25)5-7-19/h2-11,16H,12-15H2,1H3. The van der Waals surface area contributed by atoms with Gasteiger partial charge in [-0.2, -0.15) is 0 Å². The number of nitrogens with zero attached hydrogens (tertiary/aromatic N) is 5. The Morgan fingerprint density at radius 1 is 0.970 bits per heavy atom. The van der Waals surface area contributed by atoms with Crippen LogP contribution in [-0.4, -0.2) is 58.9 Å². The van der Waals surface area contributed by atoms with Gasteiger partial charge < -0.3 is 14.5 Å². The van der Waals surface area contributed by atoms with Crippen LogP contribution >= 0.6 is 11.3 Å². The topological polar surface area (TPSA) is 63.5 Å². The van der Waals surface area contributed by atoms with Gasteiger partial charge in [-0.25, -0.2) is 14.1 Å². The number of hydrogen-bond acceptors (Lipinski definition) is 6. The number of ether oxygens (including phenoxy) is 1. The quantitative estimate of drug-likeness (QED) is 0.446. The zero-order valence-corrected chi connectivity index (χ0v) is 18.8. The number of aromatic nitrogens is 3. The van der Waals surface area contributed by atoms with Gasteiger partial charge in [0.1, 0.15) is 11.6 Å². The molecule has 9 heteroatoms. The fourth-order valence-corrected chi connectivity index (χ4v) is 4.53. The maximum Gasteiger partial charge on any atom is 0.293 e. The van der Waals surface area contributed by atoms with E-state index in [1.807, 2.05) is 41.8 Å². The van der Waals surface area contributed by atoms with E-state index in [9.17, 15) is 9.18 Å². The normalized spacial score (nSPS) is 13.9. The summed E-state index contributed by atoms with van der Waals surface area (Å²) in [6.45, 7) is 2.58. The Morgan fingerprint density at radius 3 is 2.30 bits per heavy atom. The number of benzene rings is 2. The molecule has 5 rings (SSSR count). The third-order valence-corrected chi connectivity index (χ3v) is 6.48. The van der Waals surface area contributed by atoms with Crippen LogP contribution in [0.3, 0.4) is 0 Å². The SMILES string of the molecule is COc1ccc(N2CCN(C(=O)c3nc(-c4cccs4)n(-c4ccc(F)cc4)n3)CC2)cc1. The number of thiophene rings is 1. The van der Waals surface area contributed by atoms with Crippen LogP contribution < -0.4 is 9.64 Å². The number of hydrogen-bond donors (Lipinski definition) is 0. The zero-order chi connectivity index (χ0) is 22.8. The zero-order valence-electron chi connectivity index (χ0n) is 18.0. The molecule has 0 radical (unpaired) electrons. The van der Waals surface area contributed by atoms with Crippen molar-refractivity contribution >= 4 is 22.9 Å². The van der Waals surface area contributed by atoms with E-state index >= 15 is 0 Å². The van der Waals surface area contributed by atoms with E-state index in [2.05, 4.69) is 15.0 Å². The van der Waals surface area contributed by atoms with Gasteiger partial charge in [0.2, 0.25) is 5.82 Å². The molecule has 1 fully saturated rings. The molecule has 0 saturated carbocycles. The third kappa shape index (κ3) is 4.31. The van der Waals surface area contributed by atoms with Crippen LogP contribution in [0.15, 0.2) is 66.0 Å². The smallest absolute Gasteiger partial charge is 0.293 e. The Bertz CT molecular complexity index is 1230. The molecule has 0 bridgehead atoms. The summed E-state index contributed by atoms with van der Waals surface area (Å²) in [5.74, 6) is 0.986. The van der Waals surface area contributed by atoms with Crippen molar-refractivity contribution in [2.24, 2.45) is 0 Å². The fraction of sp³-hybridized carbons (Fsp3) is 0.208. The van der Waals surface area contributed by atoms with Crippen molar-refractivity contribution in [2.75, 3.05) is 38.2 Å². The molecule has 1 saturated heterocycles. The molecule has 2 aromatic carbocycles. The lowest BCUT2D eigenvalue weighted by Crippen LogP contribution is -2.49. The van der Waals surface area contributed by atoms with Crippen molar-refractivity contribution in [1.82, 2.24) is 19.7 Å². The third-order valence-electron chi connectivity index (χ3n) is 5.62. The van der Waals surface area contributed by atoms with Gasteiger partial charge in [-0.3, -0.25) is 4.79 Å². The van der Waals surface area contributed by atoms with Gasteiger partial charge in [-0.1, -0.05) is 6.07 Å². The predicted molar refractivity (Wildman–Crippen MR) is 126 cm³/mol. The van der Waals surface area contributed by atoms with E-state index < -0.39 is 0 Å². The van der Waals surface area contributed by atoms with Crippen molar-refractivity contribution in [3.8, 4) is 22.1 Å².